The number of halogens is 2. The predicted octanol–water partition coefficient (Wildman–Crippen LogP) is 2.00. The van der Waals surface area contributed by atoms with Gasteiger partial charge in [0.05, 0.1) is 19.4 Å². The molecule has 2 aromatic rings. The van der Waals surface area contributed by atoms with Crippen LogP contribution in [0.3, 0.4) is 0 Å². The lowest BCUT2D eigenvalue weighted by atomic mass is 10.2. The molecule has 152 valence electrons. The van der Waals surface area contributed by atoms with Crippen molar-refractivity contribution in [2.75, 3.05) is 20.0 Å². The third kappa shape index (κ3) is 4.03. The second kappa shape index (κ2) is 7.75. The first-order chi connectivity index (χ1) is 13.4. The molecule has 9 nitrogen and oxygen atoms in total. The van der Waals surface area contributed by atoms with E-state index in [1.807, 2.05) is 0 Å². The fourth-order valence-electron chi connectivity index (χ4n) is 2.56. The van der Waals surface area contributed by atoms with E-state index in [0.29, 0.717) is 24.0 Å². The Bertz CT molecular complexity index is 961. The molecule has 13 heteroatoms. The molecule has 1 fully saturated rings. The van der Waals surface area contributed by atoms with Crippen molar-refractivity contribution in [1.82, 2.24) is 9.71 Å². The van der Waals surface area contributed by atoms with Crippen molar-refractivity contribution in [2.45, 2.75) is 23.7 Å². The van der Waals surface area contributed by atoms with Crippen molar-refractivity contribution in [2.24, 2.45) is 0 Å². The highest BCUT2D eigenvalue weighted by Gasteiger charge is 2.26. The van der Waals surface area contributed by atoms with Gasteiger partial charge in [-0.1, -0.05) is 0 Å². The number of benzene rings is 1. The summed E-state index contributed by atoms with van der Waals surface area (Å²) in [7, 11) is -3.95. The lowest BCUT2D eigenvalue weighted by molar-refractivity contribution is -0.0505. The van der Waals surface area contributed by atoms with E-state index in [-0.39, 0.29) is 34.6 Å². The van der Waals surface area contributed by atoms with Gasteiger partial charge >= 0.3 is 6.61 Å². The van der Waals surface area contributed by atoms with E-state index in [2.05, 4.69) is 14.4 Å². The van der Waals surface area contributed by atoms with Gasteiger partial charge in [0.1, 0.15) is 5.75 Å². The summed E-state index contributed by atoms with van der Waals surface area (Å²) in [5, 5.41) is 0.377. The maximum Gasteiger partial charge on any atom is 0.387 e. The number of aromatic nitrogens is 1. The zero-order valence-electron chi connectivity index (χ0n) is 14.1. The smallest absolute Gasteiger partial charge is 0.387 e. The number of nitrogens with zero attached hydrogens (tertiary/aromatic N) is 1. The summed E-state index contributed by atoms with van der Waals surface area (Å²) in [6.07, 6.45) is 0.498. The highest BCUT2D eigenvalue weighted by atomic mass is 32.2. The number of fused-ring (bicyclic) bond motifs is 1. The molecule has 0 atom stereocenters. The molecule has 0 unspecified atom stereocenters. The molecule has 0 radical (unpaired) electrons. The van der Waals surface area contributed by atoms with Gasteiger partial charge in [0.2, 0.25) is 13.1 Å². The third-order valence-electron chi connectivity index (χ3n) is 3.82. The Kier molecular flexibility index (Phi) is 5.33. The molecule has 0 bridgehead atoms. The van der Waals surface area contributed by atoms with Gasteiger partial charge in [-0.3, -0.25) is 0 Å². The van der Waals surface area contributed by atoms with Gasteiger partial charge in [-0.2, -0.15) is 8.78 Å². The first-order valence-corrected chi connectivity index (χ1v) is 10.3. The van der Waals surface area contributed by atoms with Gasteiger partial charge in [0.15, 0.2) is 20.7 Å². The predicted molar refractivity (Wildman–Crippen MR) is 90.0 cm³/mol. The average Bonchev–Trinajstić information content (AvgIpc) is 3.38. The second-order valence-electron chi connectivity index (χ2n) is 5.61. The summed E-state index contributed by atoms with van der Waals surface area (Å²) < 4.78 is 78.1. The van der Waals surface area contributed by atoms with Crippen LogP contribution < -0.4 is 18.9 Å². The fraction of sp³-hybridized carbons (Fsp3) is 0.400. The maximum atomic E-state index is 12.7. The number of nitrogens with one attached hydrogen (secondary N) is 1. The van der Waals surface area contributed by atoms with Crippen LogP contribution in [-0.2, 0) is 26.0 Å². The molecule has 0 spiro atoms. The minimum Gasteiger partial charge on any atom is -0.454 e. The van der Waals surface area contributed by atoms with Crippen LogP contribution in [-0.4, -0.2) is 40.0 Å². The number of hydrogen-bond acceptors (Lipinski definition) is 9. The highest BCUT2D eigenvalue weighted by Crippen LogP contribution is 2.39. The van der Waals surface area contributed by atoms with Crippen LogP contribution in [0.15, 0.2) is 22.5 Å². The molecule has 3 heterocycles. The molecule has 2 aliphatic heterocycles. The normalized spacial score (nSPS) is 16.8. The molecule has 1 aromatic carbocycles. The van der Waals surface area contributed by atoms with E-state index in [1.54, 1.807) is 0 Å². The van der Waals surface area contributed by atoms with E-state index < -0.39 is 22.9 Å². The van der Waals surface area contributed by atoms with Gasteiger partial charge in [0.25, 0.3) is 10.0 Å². The standard InChI is InChI=1S/C15H14F2N2O7S2/c16-15(17)26-9-4-11-10(24-7-25-11)3-8(9)5-19-28(20,21)12-6-18-13(27-12)14-22-1-2-23-14/h3-4,6,14-15,19H,1-2,5,7H2. The number of ether oxygens (including phenoxy) is 5. The van der Waals surface area contributed by atoms with Crippen LogP contribution in [0.1, 0.15) is 16.9 Å². The molecule has 0 aliphatic carbocycles. The zero-order chi connectivity index (χ0) is 19.7. The second-order valence-corrected chi connectivity index (χ2v) is 8.66. The average molecular weight is 436 g/mol. The van der Waals surface area contributed by atoms with Crippen molar-refractivity contribution in [3.05, 3.63) is 28.9 Å². The molecule has 1 N–H and O–H groups in total. The summed E-state index contributed by atoms with van der Waals surface area (Å²) in [6, 6.07) is 2.62. The molecule has 1 saturated heterocycles. The molecule has 28 heavy (non-hydrogen) atoms. The molecule has 0 saturated carbocycles. The summed E-state index contributed by atoms with van der Waals surface area (Å²) in [6.45, 7) is -2.63. The Morgan fingerprint density at radius 3 is 2.68 bits per heavy atom. The number of hydrogen-bond donors (Lipinski definition) is 1. The van der Waals surface area contributed by atoms with E-state index in [4.69, 9.17) is 18.9 Å². The summed E-state index contributed by atoms with van der Waals surface area (Å²) in [5.41, 5.74) is 0.167. The SMILES string of the molecule is O=S(=O)(NCc1cc2c(cc1OC(F)F)OCO2)c1cnc(C2OCCO2)s1. The molecule has 2 aliphatic rings. The lowest BCUT2D eigenvalue weighted by Gasteiger charge is -2.12. The monoisotopic (exact) mass is 436 g/mol. The number of thiazole rings is 1. The Morgan fingerprint density at radius 1 is 1.25 bits per heavy atom. The molecular weight excluding hydrogens is 422 g/mol. The van der Waals surface area contributed by atoms with Crippen LogP contribution >= 0.6 is 11.3 Å². The Balaban J connectivity index is 1.51. The Hall–Kier alpha value is -2.06. The van der Waals surface area contributed by atoms with Crippen LogP contribution in [0.25, 0.3) is 0 Å². The first kappa shape index (κ1) is 19.3. The number of sulfonamides is 1. The van der Waals surface area contributed by atoms with Crippen LogP contribution in [0.2, 0.25) is 0 Å². The summed E-state index contributed by atoms with van der Waals surface area (Å²) in [4.78, 5) is 4.01. The molecule has 1 aromatic heterocycles. The van der Waals surface area contributed by atoms with Crippen LogP contribution in [0.4, 0.5) is 8.78 Å². The van der Waals surface area contributed by atoms with Gasteiger partial charge in [-0.15, -0.1) is 11.3 Å². The van der Waals surface area contributed by atoms with Crippen LogP contribution in [0.5, 0.6) is 17.2 Å². The maximum absolute atomic E-state index is 12.7. The third-order valence-corrected chi connectivity index (χ3v) is 6.70. The van der Waals surface area contributed by atoms with E-state index in [0.717, 1.165) is 11.3 Å². The fourth-order valence-corrected chi connectivity index (χ4v) is 4.76. The van der Waals surface area contributed by atoms with E-state index in [9.17, 15) is 17.2 Å². The summed E-state index contributed by atoms with van der Waals surface area (Å²) in [5.74, 6) is 0.344. The molecular formula is C15H14F2N2O7S2. The van der Waals surface area contributed by atoms with Crippen molar-refractivity contribution in [3.8, 4) is 17.2 Å². The topological polar surface area (TPSA) is 105 Å². The minimum absolute atomic E-state index is 0.0568. The van der Waals surface area contributed by atoms with E-state index in [1.165, 1.54) is 18.3 Å². The van der Waals surface area contributed by atoms with Gasteiger partial charge in [-0.05, 0) is 6.07 Å². The minimum atomic E-state index is -3.95. The largest absolute Gasteiger partial charge is 0.454 e. The van der Waals surface area contributed by atoms with Crippen molar-refractivity contribution < 1.29 is 40.9 Å². The summed E-state index contributed by atoms with van der Waals surface area (Å²) >= 11 is 0.900. The lowest BCUT2D eigenvalue weighted by Crippen LogP contribution is -2.23. The highest BCUT2D eigenvalue weighted by molar-refractivity contribution is 7.91. The van der Waals surface area contributed by atoms with Gasteiger partial charge < -0.3 is 23.7 Å². The Morgan fingerprint density at radius 2 is 1.96 bits per heavy atom. The molecule has 4 rings (SSSR count). The van der Waals surface area contributed by atoms with Gasteiger partial charge in [-0.25, -0.2) is 18.1 Å². The van der Waals surface area contributed by atoms with E-state index >= 15 is 0 Å². The van der Waals surface area contributed by atoms with Crippen molar-refractivity contribution >= 4 is 21.4 Å². The molecule has 0 amide bonds. The zero-order valence-corrected chi connectivity index (χ0v) is 15.7. The Labute approximate surface area is 162 Å². The number of rotatable bonds is 7. The quantitative estimate of drug-likeness (QED) is 0.703. The van der Waals surface area contributed by atoms with Crippen molar-refractivity contribution in [3.63, 3.8) is 0 Å². The van der Waals surface area contributed by atoms with Crippen LogP contribution in [0, 0.1) is 0 Å². The van der Waals surface area contributed by atoms with Gasteiger partial charge in [0, 0.05) is 18.2 Å². The van der Waals surface area contributed by atoms with Crippen molar-refractivity contribution in [1.29, 1.82) is 0 Å². The number of alkyl halides is 2. The first-order valence-electron chi connectivity index (χ1n) is 7.98.